The molecular formula is C10H20N2O2. The first-order valence-electron chi connectivity index (χ1n) is 5.44. The molecule has 0 aromatic carbocycles. The van der Waals surface area contributed by atoms with Crippen LogP contribution < -0.4 is 5.32 Å². The van der Waals surface area contributed by atoms with Gasteiger partial charge in [-0.2, -0.15) is 0 Å². The van der Waals surface area contributed by atoms with Crippen LogP contribution in [0.15, 0.2) is 0 Å². The molecule has 2 heterocycles. The maximum Gasteiger partial charge on any atom is 0.0831 e. The second-order valence-corrected chi connectivity index (χ2v) is 4.48. The number of nitrogens with one attached hydrogen (secondary N) is 1. The van der Waals surface area contributed by atoms with Crippen LogP contribution in [0.5, 0.6) is 0 Å². The molecule has 0 bridgehead atoms. The first-order chi connectivity index (χ1) is 6.68. The lowest BCUT2D eigenvalue weighted by Crippen LogP contribution is -2.55. The average molecular weight is 200 g/mol. The Labute approximate surface area is 85.2 Å². The number of aliphatic hydroxyl groups is 1. The molecule has 0 amide bonds. The second kappa shape index (κ2) is 4.14. The zero-order chi connectivity index (χ0) is 10.1. The van der Waals surface area contributed by atoms with Crippen LogP contribution in [0.25, 0.3) is 0 Å². The molecule has 0 saturated carbocycles. The van der Waals surface area contributed by atoms with Gasteiger partial charge in [0.1, 0.15) is 0 Å². The Morgan fingerprint density at radius 3 is 2.79 bits per heavy atom. The van der Waals surface area contributed by atoms with Crippen LogP contribution >= 0.6 is 0 Å². The van der Waals surface area contributed by atoms with E-state index < -0.39 is 0 Å². The van der Waals surface area contributed by atoms with Gasteiger partial charge < -0.3 is 15.2 Å². The van der Waals surface area contributed by atoms with Crippen LogP contribution in [0.3, 0.4) is 0 Å². The van der Waals surface area contributed by atoms with Crippen molar-refractivity contribution in [1.82, 2.24) is 10.2 Å². The lowest BCUT2D eigenvalue weighted by molar-refractivity contribution is -0.0776. The van der Waals surface area contributed by atoms with Crippen molar-refractivity contribution in [1.29, 1.82) is 0 Å². The van der Waals surface area contributed by atoms with E-state index in [0.29, 0.717) is 12.1 Å². The minimum Gasteiger partial charge on any atom is -0.390 e. The number of aliphatic hydroxyl groups excluding tert-OH is 1. The van der Waals surface area contributed by atoms with Crippen molar-refractivity contribution in [2.45, 2.75) is 38.1 Å². The van der Waals surface area contributed by atoms with Crippen LogP contribution in [0.4, 0.5) is 0 Å². The van der Waals surface area contributed by atoms with Crippen LogP contribution in [0.1, 0.15) is 13.8 Å². The fraction of sp³-hybridized carbons (Fsp3) is 1.00. The molecule has 2 unspecified atom stereocenters. The molecule has 14 heavy (non-hydrogen) atoms. The molecule has 0 radical (unpaired) electrons. The van der Waals surface area contributed by atoms with Crippen LogP contribution in [0.2, 0.25) is 0 Å². The quantitative estimate of drug-likeness (QED) is 0.595. The number of morpholine rings is 1. The van der Waals surface area contributed by atoms with E-state index in [-0.39, 0.29) is 12.1 Å². The van der Waals surface area contributed by atoms with Gasteiger partial charge in [-0.3, -0.25) is 4.90 Å². The first kappa shape index (κ1) is 10.4. The molecule has 0 aromatic heterocycles. The number of rotatable bonds is 1. The number of hydrogen-bond acceptors (Lipinski definition) is 4. The topological polar surface area (TPSA) is 44.7 Å². The van der Waals surface area contributed by atoms with Crippen molar-refractivity contribution in [3.05, 3.63) is 0 Å². The summed E-state index contributed by atoms with van der Waals surface area (Å²) in [7, 11) is 0. The second-order valence-electron chi connectivity index (χ2n) is 4.48. The summed E-state index contributed by atoms with van der Waals surface area (Å²) in [5.74, 6) is 0. The van der Waals surface area contributed by atoms with E-state index in [0.717, 1.165) is 26.2 Å². The van der Waals surface area contributed by atoms with Gasteiger partial charge >= 0.3 is 0 Å². The number of hydrogen-bond donors (Lipinski definition) is 2. The van der Waals surface area contributed by atoms with Crippen LogP contribution in [-0.2, 0) is 4.74 Å². The van der Waals surface area contributed by atoms with Gasteiger partial charge in [0.05, 0.1) is 18.8 Å². The summed E-state index contributed by atoms with van der Waals surface area (Å²) >= 11 is 0. The first-order valence-corrected chi connectivity index (χ1v) is 5.44. The molecule has 0 aromatic rings. The fourth-order valence-corrected chi connectivity index (χ4v) is 2.38. The largest absolute Gasteiger partial charge is 0.390 e. The summed E-state index contributed by atoms with van der Waals surface area (Å²) in [6.45, 7) is 7.60. The van der Waals surface area contributed by atoms with Crippen molar-refractivity contribution in [2.24, 2.45) is 0 Å². The van der Waals surface area contributed by atoms with Gasteiger partial charge in [0, 0.05) is 31.7 Å². The summed E-state index contributed by atoms with van der Waals surface area (Å²) in [4.78, 5) is 2.37. The monoisotopic (exact) mass is 200 g/mol. The highest BCUT2D eigenvalue weighted by Crippen LogP contribution is 2.18. The van der Waals surface area contributed by atoms with E-state index in [2.05, 4.69) is 24.1 Å². The maximum atomic E-state index is 9.80. The van der Waals surface area contributed by atoms with E-state index in [1.54, 1.807) is 0 Å². The van der Waals surface area contributed by atoms with Gasteiger partial charge in [-0.1, -0.05) is 0 Å². The van der Waals surface area contributed by atoms with E-state index in [1.807, 2.05) is 0 Å². The van der Waals surface area contributed by atoms with Crippen molar-refractivity contribution in [3.63, 3.8) is 0 Å². The average Bonchev–Trinajstić information content (AvgIpc) is 2.56. The summed E-state index contributed by atoms with van der Waals surface area (Å²) in [5.41, 5.74) is 0. The molecule has 4 heteroatoms. The molecule has 82 valence electrons. The minimum atomic E-state index is -0.220. The van der Waals surface area contributed by atoms with E-state index in [4.69, 9.17) is 4.74 Å². The molecule has 2 N–H and O–H groups in total. The SMILES string of the molecule is CC1CN([C@@H]2CNC[C@H]2O)C(C)CO1. The van der Waals surface area contributed by atoms with E-state index >= 15 is 0 Å². The predicted octanol–water partition coefficient (Wildman–Crippen LogP) is -0.572. The molecule has 2 rings (SSSR count). The van der Waals surface area contributed by atoms with Crippen LogP contribution in [-0.4, -0.2) is 60.5 Å². The highest BCUT2D eigenvalue weighted by Gasteiger charge is 2.36. The zero-order valence-corrected chi connectivity index (χ0v) is 8.94. The Balaban J connectivity index is 2.00. The summed E-state index contributed by atoms with van der Waals surface area (Å²) in [5, 5.41) is 13.0. The third-order valence-corrected chi connectivity index (χ3v) is 3.23. The zero-order valence-electron chi connectivity index (χ0n) is 8.94. The Kier molecular flexibility index (Phi) is 3.07. The number of β-amino-alcohol motifs (C(OH)–C–C–N with tert-alkyl or cyclic N) is 1. The van der Waals surface area contributed by atoms with Crippen molar-refractivity contribution < 1.29 is 9.84 Å². The highest BCUT2D eigenvalue weighted by atomic mass is 16.5. The standard InChI is InChI=1S/C10H20N2O2/c1-7-6-14-8(2)5-12(7)9-3-11-4-10(9)13/h7-11,13H,3-6H2,1-2H3/t7?,8?,9-,10-/m1/s1. The third kappa shape index (κ3) is 1.93. The molecular weight excluding hydrogens is 180 g/mol. The van der Waals surface area contributed by atoms with Gasteiger partial charge in [-0.15, -0.1) is 0 Å². The van der Waals surface area contributed by atoms with Crippen molar-refractivity contribution >= 4 is 0 Å². The van der Waals surface area contributed by atoms with Gasteiger partial charge in [0.15, 0.2) is 0 Å². The van der Waals surface area contributed by atoms with Gasteiger partial charge in [0.2, 0.25) is 0 Å². The van der Waals surface area contributed by atoms with Gasteiger partial charge in [0.25, 0.3) is 0 Å². The Hall–Kier alpha value is -0.160. The lowest BCUT2D eigenvalue weighted by atomic mass is 10.1. The number of nitrogens with zero attached hydrogens (tertiary/aromatic N) is 1. The normalized spacial score (nSPS) is 45.6. The lowest BCUT2D eigenvalue weighted by Gasteiger charge is -2.41. The van der Waals surface area contributed by atoms with Crippen molar-refractivity contribution in [3.8, 4) is 0 Å². The van der Waals surface area contributed by atoms with Gasteiger partial charge in [-0.05, 0) is 13.8 Å². The molecule has 2 aliphatic rings. The smallest absolute Gasteiger partial charge is 0.0831 e. The fourth-order valence-electron chi connectivity index (χ4n) is 2.38. The molecule has 2 fully saturated rings. The molecule has 4 nitrogen and oxygen atoms in total. The summed E-state index contributed by atoms with van der Waals surface area (Å²) < 4.78 is 5.57. The van der Waals surface area contributed by atoms with Crippen LogP contribution in [0, 0.1) is 0 Å². The van der Waals surface area contributed by atoms with E-state index in [9.17, 15) is 5.11 Å². The minimum absolute atomic E-state index is 0.220. The summed E-state index contributed by atoms with van der Waals surface area (Å²) in [6, 6.07) is 0.696. The van der Waals surface area contributed by atoms with E-state index in [1.165, 1.54) is 0 Å². The maximum absolute atomic E-state index is 9.80. The molecule has 2 saturated heterocycles. The Morgan fingerprint density at radius 2 is 2.14 bits per heavy atom. The summed E-state index contributed by atoms with van der Waals surface area (Å²) in [6.07, 6.45) is 0.0711. The number of ether oxygens (including phenoxy) is 1. The van der Waals surface area contributed by atoms with Gasteiger partial charge in [-0.25, -0.2) is 0 Å². The predicted molar refractivity (Wildman–Crippen MR) is 54.2 cm³/mol. The molecule has 0 aliphatic carbocycles. The third-order valence-electron chi connectivity index (χ3n) is 3.23. The van der Waals surface area contributed by atoms with Crippen molar-refractivity contribution in [2.75, 3.05) is 26.2 Å². The molecule has 4 atom stereocenters. The Morgan fingerprint density at radius 1 is 1.36 bits per heavy atom. The molecule has 0 spiro atoms. The molecule has 2 aliphatic heterocycles. The Bertz CT molecular complexity index is 201. The highest BCUT2D eigenvalue weighted by molar-refractivity contribution is 4.92.